The van der Waals surface area contributed by atoms with Gasteiger partial charge in [0.2, 0.25) is 10.0 Å². The minimum atomic E-state index is -3.90. The number of nitrogens with one attached hydrogen (secondary N) is 1. The van der Waals surface area contributed by atoms with Crippen LogP contribution < -0.4 is 14.4 Å². The molecule has 2 bridgehead atoms. The second kappa shape index (κ2) is 15.3. The Bertz CT molecular complexity index is 1550. The summed E-state index contributed by atoms with van der Waals surface area (Å²) < 4.78 is 48.7. The number of nitrogens with zero attached hydrogens (tertiary/aromatic N) is 2. The van der Waals surface area contributed by atoms with Gasteiger partial charge < -0.3 is 24.0 Å². The molecule has 2 aromatic carbocycles. The molecule has 6 rings (SSSR count). The molecule has 264 valence electrons. The van der Waals surface area contributed by atoms with E-state index in [1.54, 1.807) is 13.0 Å². The van der Waals surface area contributed by atoms with Gasteiger partial charge in [-0.15, -0.1) is 0 Å². The van der Waals surface area contributed by atoms with E-state index >= 15 is 0 Å². The van der Waals surface area contributed by atoms with Crippen molar-refractivity contribution in [3.05, 3.63) is 58.1 Å². The number of likely N-dealkylation sites (N-methyl/N-ethyl adjacent to an activating group) is 1. The molecule has 1 N–H and O–H groups in total. The number of carbonyl (C=O) groups is 1. The van der Waals surface area contributed by atoms with Crippen LogP contribution >= 0.6 is 11.6 Å². The van der Waals surface area contributed by atoms with E-state index in [-0.39, 0.29) is 24.2 Å². The maximum absolute atomic E-state index is 13.5. The Kier molecular flexibility index (Phi) is 11.3. The van der Waals surface area contributed by atoms with E-state index < -0.39 is 21.2 Å². The van der Waals surface area contributed by atoms with Gasteiger partial charge in [0.05, 0.1) is 30.2 Å². The summed E-state index contributed by atoms with van der Waals surface area (Å²) >= 11 is 6.37. The summed E-state index contributed by atoms with van der Waals surface area (Å²) in [5.74, 6) is 1.04. The molecule has 3 aliphatic heterocycles. The van der Waals surface area contributed by atoms with Gasteiger partial charge in [0, 0.05) is 29.6 Å². The average molecular weight is 702 g/mol. The van der Waals surface area contributed by atoms with Crippen molar-refractivity contribution in [3.8, 4) is 5.75 Å². The summed E-state index contributed by atoms with van der Waals surface area (Å²) in [5.41, 5.74) is 3.42. The molecule has 48 heavy (non-hydrogen) atoms. The zero-order chi connectivity index (χ0) is 34.0. The second-order valence-corrected chi connectivity index (χ2v) is 17.2. The highest BCUT2D eigenvalue weighted by molar-refractivity contribution is 7.90. The number of fused-ring (bicyclic) bond motifs is 3. The number of hydrogen-bond donors (Lipinski definition) is 1. The number of amides is 1. The van der Waals surface area contributed by atoms with E-state index in [4.69, 9.17) is 25.8 Å². The number of sulfonamides is 1. The summed E-state index contributed by atoms with van der Waals surface area (Å²) in [6.45, 7) is 6.94. The molecule has 2 aromatic rings. The van der Waals surface area contributed by atoms with Crippen LogP contribution in [-0.2, 0) is 32.5 Å². The van der Waals surface area contributed by atoms with Crippen LogP contribution in [0, 0.1) is 23.7 Å². The van der Waals surface area contributed by atoms with Gasteiger partial charge in [-0.25, -0.2) is 13.1 Å². The van der Waals surface area contributed by atoms with Gasteiger partial charge in [0.25, 0.3) is 5.91 Å². The molecule has 1 saturated carbocycles. The molecule has 11 heteroatoms. The first-order chi connectivity index (χ1) is 23.0. The molecule has 0 spiro atoms. The van der Waals surface area contributed by atoms with E-state index in [9.17, 15) is 13.2 Å². The Morgan fingerprint density at radius 1 is 0.917 bits per heavy atom. The number of rotatable bonds is 2. The minimum absolute atomic E-state index is 0.124. The standard InChI is InChI=1S/C37H52ClN3O6S/c1-24-8-7-10-33(37-46-22-31(23-47-37)40(3)4)32-15-12-28(32)20-41-17-6-5-9-26-18-30(38)14-11-29(26)21-45-35-16-13-27(19-34(35)41)36(42)39-48(43,44)25(24)2/h11,13-14,16,18-19,24-25,28,31-33,37H,5-10,12,15,17,20-23H2,1-4H3,(H,39,42)/t24-,25+,28-,31-,32+,33+,37-/m0/s1. The van der Waals surface area contributed by atoms with Gasteiger partial charge in [-0.05, 0) is 125 Å². The normalized spacial score (nSPS) is 31.7. The number of halogens is 1. The maximum Gasteiger partial charge on any atom is 0.264 e. The van der Waals surface area contributed by atoms with Crippen LogP contribution in [0.15, 0.2) is 36.4 Å². The Morgan fingerprint density at radius 3 is 2.44 bits per heavy atom. The molecule has 1 amide bonds. The fourth-order valence-electron chi connectivity index (χ4n) is 7.85. The molecule has 4 aliphatic rings. The highest BCUT2D eigenvalue weighted by atomic mass is 35.5. The first-order valence-electron chi connectivity index (χ1n) is 17.7. The number of carbonyl (C=O) groups excluding carboxylic acids is 1. The zero-order valence-electron chi connectivity index (χ0n) is 28.8. The van der Waals surface area contributed by atoms with Gasteiger partial charge >= 0.3 is 0 Å². The van der Waals surface area contributed by atoms with Crippen molar-refractivity contribution < 1.29 is 27.4 Å². The van der Waals surface area contributed by atoms with Crippen molar-refractivity contribution in [2.75, 3.05) is 45.3 Å². The summed E-state index contributed by atoms with van der Waals surface area (Å²) in [4.78, 5) is 18.0. The molecule has 0 aromatic heterocycles. The minimum Gasteiger partial charge on any atom is -0.487 e. The van der Waals surface area contributed by atoms with Crippen LogP contribution in [0.5, 0.6) is 5.75 Å². The number of anilines is 1. The Labute approximate surface area is 291 Å². The molecule has 9 nitrogen and oxygen atoms in total. The van der Waals surface area contributed by atoms with Crippen LogP contribution in [0.3, 0.4) is 0 Å². The van der Waals surface area contributed by atoms with Gasteiger partial charge in [0.1, 0.15) is 12.4 Å². The molecular weight excluding hydrogens is 650 g/mol. The quantitative estimate of drug-likeness (QED) is 0.391. The third kappa shape index (κ3) is 7.99. The Balaban J connectivity index is 1.35. The SMILES string of the molecule is C[C@@H]1[C@@H](C)CCC[C@@H]([C@H]2OC[C@H](N(C)C)CO2)[C@@H]2CC[C@H]2CN2CCCCc3cc(Cl)ccc3COc3ccc(cc32)C(=O)NS1(=O)=O. The number of hydrogen-bond acceptors (Lipinski definition) is 8. The van der Waals surface area contributed by atoms with E-state index in [0.717, 1.165) is 80.7 Å². The zero-order valence-corrected chi connectivity index (χ0v) is 30.4. The highest BCUT2D eigenvalue weighted by Crippen LogP contribution is 2.46. The monoisotopic (exact) mass is 701 g/mol. The third-order valence-corrected chi connectivity index (χ3v) is 13.6. The van der Waals surface area contributed by atoms with Gasteiger partial charge in [-0.1, -0.05) is 31.0 Å². The van der Waals surface area contributed by atoms with E-state index in [2.05, 4.69) is 28.6 Å². The van der Waals surface area contributed by atoms with Crippen LogP contribution in [0.4, 0.5) is 5.69 Å². The number of benzene rings is 2. The van der Waals surface area contributed by atoms with Crippen molar-refractivity contribution in [2.24, 2.45) is 23.7 Å². The molecule has 0 radical (unpaired) electrons. The summed E-state index contributed by atoms with van der Waals surface area (Å²) in [6, 6.07) is 11.5. The van der Waals surface area contributed by atoms with Gasteiger partial charge in [-0.2, -0.15) is 0 Å². The fourth-order valence-corrected chi connectivity index (χ4v) is 9.35. The molecule has 2 fully saturated rings. The van der Waals surface area contributed by atoms with Crippen LogP contribution in [0.25, 0.3) is 0 Å². The lowest BCUT2D eigenvalue weighted by Gasteiger charge is -2.48. The first kappa shape index (κ1) is 35.5. The molecule has 3 heterocycles. The van der Waals surface area contributed by atoms with Crippen molar-refractivity contribution in [1.82, 2.24) is 9.62 Å². The Morgan fingerprint density at radius 2 is 1.71 bits per heavy atom. The summed E-state index contributed by atoms with van der Waals surface area (Å²) in [7, 11) is 0.212. The van der Waals surface area contributed by atoms with E-state index in [0.29, 0.717) is 43.0 Å². The lowest BCUT2D eigenvalue weighted by atomic mass is 9.65. The topological polar surface area (TPSA) is 97.4 Å². The molecule has 0 unspecified atom stereocenters. The van der Waals surface area contributed by atoms with E-state index in [1.165, 1.54) is 5.56 Å². The predicted molar refractivity (Wildman–Crippen MR) is 189 cm³/mol. The van der Waals surface area contributed by atoms with Crippen molar-refractivity contribution in [1.29, 1.82) is 0 Å². The maximum atomic E-state index is 13.5. The number of ether oxygens (including phenoxy) is 3. The second-order valence-electron chi connectivity index (χ2n) is 14.7. The highest BCUT2D eigenvalue weighted by Gasteiger charge is 2.44. The molecular formula is C37H52ClN3O6S. The average Bonchev–Trinajstić information content (AvgIpc) is 3.08. The number of aryl methyl sites for hydroxylation is 1. The molecule has 1 aliphatic carbocycles. The van der Waals surface area contributed by atoms with Crippen LogP contribution in [0.1, 0.15) is 80.3 Å². The Hall–Kier alpha value is -2.37. The lowest BCUT2D eigenvalue weighted by Crippen LogP contribution is -2.50. The largest absolute Gasteiger partial charge is 0.487 e. The van der Waals surface area contributed by atoms with Crippen LogP contribution in [0.2, 0.25) is 5.02 Å². The smallest absolute Gasteiger partial charge is 0.264 e. The van der Waals surface area contributed by atoms with Gasteiger partial charge in [-0.3, -0.25) is 4.79 Å². The van der Waals surface area contributed by atoms with Gasteiger partial charge in [0.15, 0.2) is 6.29 Å². The van der Waals surface area contributed by atoms with E-state index in [1.807, 2.05) is 37.3 Å². The summed E-state index contributed by atoms with van der Waals surface area (Å²) in [6.07, 6.45) is 7.34. The predicted octanol–water partition coefficient (Wildman–Crippen LogP) is 6.28. The van der Waals surface area contributed by atoms with Crippen LogP contribution in [-0.4, -0.2) is 77.2 Å². The third-order valence-electron chi connectivity index (χ3n) is 11.4. The van der Waals surface area contributed by atoms with Crippen molar-refractivity contribution >= 4 is 33.2 Å². The lowest BCUT2D eigenvalue weighted by molar-refractivity contribution is -0.240. The molecule has 1 saturated heterocycles. The first-order valence-corrected chi connectivity index (χ1v) is 19.7. The van der Waals surface area contributed by atoms with Crippen molar-refractivity contribution in [3.63, 3.8) is 0 Å². The van der Waals surface area contributed by atoms with Crippen molar-refractivity contribution in [2.45, 2.75) is 89.4 Å². The molecule has 5 atom stereocenters. The summed E-state index contributed by atoms with van der Waals surface area (Å²) in [5, 5.41) is -0.00120. The fraction of sp³-hybridized carbons (Fsp3) is 0.649.